The van der Waals surface area contributed by atoms with Gasteiger partial charge in [0.25, 0.3) is 0 Å². The predicted molar refractivity (Wildman–Crippen MR) is 42.7 cm³/mol. The summed E-state index contributed by atoms with van der Waals surface area (Å²) < 4.78 is 4.88. The van der Waals surface area contributed by atoms with Crippen molar-refractivity contribution in [2.24, 2.45) is 5.73 Å². The van der Waals surface area contributed by atoms with E-state index in [1.54, 1.807) is 0 Å². The van der Waals surface area contributed by atoms with Crippen molar-refractivity contribution in [3.05, 3.63) is 12.8 Å². The fourth-order valence-electron chi connectivity index (χ4n) is 0.566. The molecule has 0 saturated heterocycles. The van der Waals surface area contributed by atoms with Crippen LogP contribution in [0.15, 0.2) is 12.8 Å². The lowest BCUT2D eigenvalue weighted by atomic mass is 10.4. The number of ether oxygens (including phenoxy) is 1. The largest absolute Gasteiger partial charge is 0.500 e. The van der Waals surface area contributed by atoms with Crippen LogP contribution in [0.2, 0.25) is 0 Å². The minimum Gasteiger partial charge on any atom is -0.500 e. The molecule has 0 aromatic carbocycles. The maximum atomic E-state index is 5.28. The first-order valence-electron chi connectivity index (χ1n) is 3.55. The van der Waals surface area contributed by atoms with E-state index < -0.39 is 0 Å². The van der Waals surface area contributed by atoms with Gasteiger partial charge in [-0.2, -0.15) is 0 Å². The molecule has 0 aliphatic heterocycles. The number of rotatable bonds is 7. The Balaban J connectivity index is 2.70. The summed E-state index contributed by atoms with van der Waals surface area (Å²) in [5.74, 6) is 0. The van der Waals surface area contributed by atoms with Crippen molar-refractivity contribution in [2.75, 3.05) is 26.2 Å². The number of nitrogens with two attached hydrogens (primary N) is 1. The summed E-state index contributed by atoms with van der Waals surface area (Å²) in [6.07, 6.45) is 2.47. The van der Waals surface area contributed by atoms with Crippen LogP contribution in [0.1, 0.15) is 6.42 Å². The second-order valence-corrected chi connectivity index (χ2v) is 1.93. The predicted octanol–water partition coefficient (Wildman–Crippen LogP) is 0.0849. The standard InChI is InChI=1S/C7H16N2O/c1-2-10-7-6-9-5-3-4-8/h2,9H,1,3-8H2. The minimum absolute atomic E-state index is 0.689. The monoisotopic (exact) mass is 144 g/mol. The van der Waals surface area contributed by atoms with Crippen LogP contribution >= 0.6 is 0 Å². The van der Waals surface area contributed by atoms with E-state index in [1.165, 1.54) is 6.26 Å². The van der Waals surface area contributed by atoms with Crippen LogP contribution < -0.4 is 11.1 Å². The van der Waals surface area contributed by atoms with Gasteiger partial charge in [-0.15, -0.1) is 0 Å². The van der Waals surface area contributed by atoms with Crippen LogP contribution in [0.4, 0.5) is 0 Å². The first-order chi connectivity index (χ1) is 4.91. The van der Waals surface area contributed by atoms with Crippen LogP contribution in [0.5, 0.6) is 0 Å². The van der Waals surface area contributed by atoms with Crippen molar-refractivity contribution in [2.45, 2.75) is 6.42 Å². The quantitative estimate of drug-likeness (QED) is 0.393. The van der Waals surface area contributed by atoms with Crippen LogP contribution in [0.3, 0.4) is 0 Å². The van der Waals surface area contributed by atoms with Gasteiger partial charge in [-0.25, -0.2) is 0 Å². The van der Waals surface area contributed by atoms with Crippen molar-refractivity contribution in [3.8, 4) is 0 Å². The number of hydrogen-bond acceptors (Lipinski definition) is 3. The van der Waals surface area contributed by atoms with E-state index in [9.17, 15) is 0 Å². The van der Waals surface area contributed by atoms with Gasteiger partial charge in [0.15, 0.2) is 0 Å². The summed E-state index contributed by atoms with van der Waals surface area (Å²) in [6, 6.07) is 0. The van der Waals surface area contributed by atoms with Crippen molar-refractivity contribution >= 4 is 0 Å². The molecule has 0 atom stereocenters. The second-order valence-electron chi connectivity index (χ2n) is 1.93. The Labute approximate surface area is 62.2 Å². The van der Waals surface area contributed by atoms with Crippen LogP contribution in [-0.4, -0.2) is 26.2 Å². The van der Waals surface area contributed by atoms with E-state index >= 15 is 0 Å². The van der Waals surface area contributed by atoms with Crippen LogP contribution in [0.25, 0.3) is 0 Å². The van der Waals surface area contributed by atoms with Crippen LogP contribution in [-0.2, 0) is 4.74 Å². The number of nitrogens with one attached hydrogen (secondary N) is 1. The Hall–Kier alpha value is -0.540. The fourth-order valence-corrected chi connectivity index (χ4v) is 0.566. The SMILES string of the molecule is C=COCCNCCCN. The average Bonchev–Trinajstić information content (AvgIpc) is 1.97. The summed E-state index contributed by atoms with van der Waals surface area (Å²) in [6.45, 7) is 6.69. The van der Waals surface area contributed by atoms with Gasteiger partial charge in [0, 0.05) is 6.54 Å². The third-order valence-corrected chi connectivity index (χ3v) is 1.07. The van der Waals surface area contributed by atoms with E-state index in [0.29, 0.717) is 6.61 Å². The van der Waals surface area contributed by atoms with Gasteiger partial charge < -0.3 is 15.8 Å². The molecule has 0 heterocycles. The third-order valence-electron chi connectivity index (χ3n) is 1.07. The highest BCUT2D eigenvalue weighted by atomic mass is 16.5. The Morgan fingerprint density at radius 2 is 2.30 bits per heavy atom. The van der Waals surface area contributed by atoms with E-state index in [0.717, 1.165) is 26.1 Å². The Kier molecular flexibility index (Phi) is 8.00. The molecule has 0 saturated carbocycles. The lowest BCUT2D eigenvalue weighted by Crippen LogP contribution is -2.21. The fraction of sp³-hybridized carbons (Fsp3) is 0.714. The van der Waals surface area contributed by atoms with Gasteiger partial charge in [0.1, 0.15) is 0 Å². The second kappa shape index (κ2) is 8.46. The van der Waals surface area contributed by atoms with Crippen LogP contribution in [0, 0.1) is 0 Å². The van der Waals surface area contributed by atoms with E-state index in [2.05, 4.69) is 11.9 Å². The summed E-state index contributed by atoms with van der Waals surface area (Å²) in [4.78, 5) is 0. The molecule has 0 fully saturated rings. The van der Waals surface area contributed by atoms with Crippen molar-refractivity contribution < 1.29 is 4.74 Å². The molecule has 0 aromatic heterocycles. The van der Waals surface area contributed by atoms with E-state index in [1.807, 2.05) is 0 Å². The van der Waals surface area contributed by atoms with Gasteiger partial charge in [0.05, 0.1) is 12.9 Å². The average molecular weight is 144 g/mol. The third kappa shape index (κ3) is 7.46. The van der Waals surface area contributed by atoms with Gasteiger partial charge in [-0.05, 0) is 19.5 Å². The Bertz CT molecular complexity index is 76.0. The zero-order chi connectivity index (χ0) is 7.66. The molecule has 0 radical (unpaired) electrons. The first kappa shape index (κ1) is 9.46. The molecule has 0 aliphatic carbocycles. The molecule has 60 valence electrons. The van der Waals surface area contributed by atoms with E-state index in [4.69, 9.17) is 10.5 Å². The highest BCUT2D eigenvalue weighted by molar-refractivity contribution is 4.51. The highest BCUT2D eigenvalue weighted by Crippen LogP contribution is 1.72. The molecule has 0 aromatic rings. The Morgan fingerprint density at radius 1 is 1.50 bits per heavy atom. The topological polar surface area (TPSA) is 47.3 Å². The van der Waals surface area contributed by atoms with Gasteiger partial charge in [0.2, 0.25) is 0 Å². The molecule has 10 heavy (non-hydrogen) atoms. The molecule has 0 spiro atoms. The van der Waals surface area contributed by atoms with Gasteiger partial charge >= 0.3 is 0 Å². The molecule has 0 rings (SSSR count). The molecular formula is C7H16N2O. The first-order valence-corrected chi connectivity index (χ1v) is 3.55. The molecule has 0 amide bonds. The van der Waals surface area contributed by atoms with Crippen molar-refractivity contribution in [3.63, 3.8) is 0 Å². The van der Waals surface area contributed by atoms with Gasteiger partial charge in [-0.3, -0.25) is 0 Å². The summed E-state index contributed by atoms with van der Waals surface area (Å²) in [7, 11) is 0. The summed E-state index contributed by atoms with van der Waals surface area (Å²) in [5, 5.41) is 3.17. The zero-order valence-corrected chi connectivity index (χ0v) is 6.31. The van der Waals surface area contributed by atoms with E-state index in [-0.39, 0.29) is 0 Å². The summed E-state index contributed by atoms with van der Waals surface area (Å²) >= 11 is 0. The maximum Gasteiger partial charge on any atom is 0.0997 e. The highest BCUT2D eigenvalue weighted by Gasteiger charge is 1.84. The number of hydrogen-bond donors (Lipinski definition) is 2. The molecule has 0 bridgehead atoms. The lowest BCUT2D eigenvalue weighted by Gasteiger charge is -2.01. The minimum atomic E-state index is 0.689. The molecule has 0 aliphatic rings. The lowest BCUT2D eigenvalue weighted by molar-refractivity contribution is 0.250. The van der Waals surface area contributed by atoms with Crippen molar-refractivity contribution in [1.29, 1.82) is 0 Å². The normalized spacial score (nSPS) is 9.30. The smallest absolute Gasteiger partial charge is 0.0997 e. The molecule has 3 nitrogen and oxygen atoms in total. The van der Waals surface area contributed by atoms with Gasteiger partial charge in [-0.1, -0.05) is 6.58 Å². The molecule has 0 unspecified atom stereocenters. The summed E-state index contributed by atoms with van der Waals surface area (Å²) in [5.41, 5.74) is 5.28. The zero-order valence-electron chi connectivity index (χ0n) is 6.31. The molecular weight excluding hydrogens is 128 g/mol. The molecule has 3 heteroatoms. The Morgan fingerprint density at radius 3 is 2.90 bits per heavy atom. The van der Waals surface area contributed by atoms with Crippen molar-refractivity contribution in [1.82, 2.24) is 5.32 Å². The maximum absolute atomic E-state index is 5.28. The molecule has 3 N–H and O–H groups in total.